The van der Waals surface area contributed by atoms with E-state index in [2.05, 4.69) is 22.2 Å². The van der Waals surface area contributed by atoms with E-state index in [9.17, 15) is 0 Å². The Labute approximate surface area is 134 Å². The molecule has 1 aromatic carbocycles. The van der Waals surface area contributed by atoms with E-state index in [4.69, 9.17) is 16.0 Å². The van der Waals surface area contributed by atoms with E-state index in [0.29, 0.717) is 11.0 Å². The number of anilines is 1. The Bertz CT molecular complexity index is 753. The average Bonchev–Trinajstić information content (AvgIpc) is 2.97. The van der Waals surface area contributed by atoms with Gasteiger partial charge in [-0.05, 0) is 31.2 Å². The van der Waals surface area contributed by atoms with E-state index in [1.54, 1.807) is 18.5 Å². The zero-order valence-electron chi connectivity index (χ0n) is 12.2. The van der Waals surface area contributed by atoms with Crippen molar-refractivity contribution in [3.05, 3.63) is 65.3 Å². The van der Waals surface area contributed by atoms with E-state index in [1.807, 2.05) is 30.3 Å². The molecule has 0 fully saturated rings. The number of nitrogens with zero attached hydrogens (tertiary/aromatic N) is 2. The third kappa shape index (κ3) is 3.65. The van der Waals surface area contributed by atoms with Gasteiger partial charge in [-0.15, -0.1) is 0 Å². The van der Waals surface area contributed by atoms with Crippen molar-refractivity contribution in [1.82, 2.24) is 9.97 Å². The standard InChI is InChI=1S/C17H16ClN3O/c1-12-2-4-13(5-3-12)17-21-15(11-22-17)7-8-19-14-6-9-20-16(18)10-14/h2-6,9-11H,7-8H2,1H3,(H,19,20). The number of aromatic nitrogens is 2. The van der Waals surface area contributed by atoms with Crippen molar-refractivity contribution >= 4 is 17.3 Å². The molecule has 2 heterocycles. The van der Waals surface area contributed by atoms with Gasteiger partial charge in [0.05, 0.1) is 5.69 Å². The van der Waals surface area contributed by atoms with Gasteiger partial charge in [-0.2, -0.15) is 0 Å². The zero-order chi connectivity index (χ0) is 15.4. The highest BCUT2D eigenvalue weighted by Gasteiger charge is 2.06. The van der Waals surface area contributed by atoms with E-state index >= 15 is 0 Å². The highest BCUT2D eigenvalue weighted by atomic mass is 35.5. The lowest BCUT2D eigenvalue weighted by molar-refractivity contribution is 0.572. The molecule has 112 valence electrons. The first-order valence-corrected chi connectivity index (χ1v) is 7.45. The number of nitrogens with one attached hydrogen (secondary N) is 1. The average molecular weight is 314 g/mol. The summed E-state index contributed by atoms with van der Waals surface area (Å²) in [6.07, 6.45) is 4.15. The molecule has 4 nitrogen and oxygen atoms in total. The molecule has 0 spiro atoms. The van der Waals surface area contributed by atoms with Gasteiger partial charge in [-0.3, -0.25) is 0 Å². The Hall–Kier alpha value is -2.33. The second-order valence-corrected chi connectivity index (χ2v) is 5.44. The lowest BCUT2D eigenvalue weighted by Gasteiger charge is -2.04. The summed E-state index contributed by atoms with van der Waals surface area (Å²) in [5, 5.41) is 3.76. The Morgan fingerprint density at radius 3 is 2.77 bits per heavy atom. The molecule has 0 amide bonds. The van der Waals surface area contributed by atoms with E-state index in [0.717, 1.165) is 29.9 Å². The van der Waals surface area contributed by atoms with Gasteiger partial charge in [0.15, 0.2) is 0 Å². The van der Waals surface area contributed by atoms with Gasteiger partial charge in [0.1, 0.15) is 11.4 Å². The molecule has 0 saturated heterocycles. The summed E-state index contributed by atoms with van der Waals surface area (Å²) in [6, 6.07) is 11.8. The minimum Gasteiger partial charge on any atom is -0.444 e. The number of aryl methyl sites for hydroxylation is 1. The maximum atomic E-state index is 5.84. The van der Waals surface area contributed by atoms with Crippen LogP contribution in [0.4, 0.5) is 5.69 Å². The number of oxazole rings is 1. The van der Waals surface area contributed by atoms with Gasteiger partial charge in [0.25, 0.3) is 0 Å². The van der Waals surface area contributed by atoms with Crippen LogP contribution in [-0.4, -0.2) is 16.5 Å². The second kappa shape index (κ2) is 6.62. The SMILES string of the molecule is Cc1ccc(-c2nc(CCNc3ccnc(Cl)c3)co2)cc1. The van der Waals surface area contributed by atoms with Crippen molar-refractivity contribution in [2.24, 2.45) is 0 Å². The molecule has 0 aliphatic carbocycles. The highest BCUT2D eigenvalue weighted by molar-refractivity contribution is 6.29. The number of halogens is 1. The maximum absolute atomic E-state index is 5.84. The molecule has 0 aliphatic rings. The molecule has 22 heavy (non-hydrogen) atoms. The summed E-state index contributed by atoms with van der Waals surface area (Å²) in [4.78, 5) is 8.46. The monoisotopic (exact) mass is 313 g/mol. The quantitative estimate of drug-likeness (QED) is 0.711. The van der Waals surface area contributed by atoms with Crippen LogP contribution < -0.4 is 5.32 Å². The Kier molecular flexibility index (Phi) is 4.39. The minimum atomic E-state index is 0.480. The zero-order valence-corrected chi connectivity index (χ0v) is 13.0. The first-order valence-electron chi connectivity index (χ1n) is 7.07. The molecule has 0 aliphatic heterocycles. The van der Waals surface area contributed by atoms with Crippen LogP contribution in [0.2, 0.25) is 5.15 Å². The Balaban J connectivity index is 1.59. The normalized spacial score (nSPS) is 10.6. The highest BCUT2D eigenvalue weighted by Crippen LogP contribution is 2.19. The molecule has 2 aromatic heterocycles. The Morgan fingerprint density at radius 2 is 2.00 bits per heavy atom. The molecule has 0 bridgehead atoms. The lowest BCUT2D eigenvalue weighted by atomic mass is 10.1. The number of hydrogen-bond donors (Lipinski definition) is 1. The fourth-order valence-corrected chi connectivity index (χ4v) is 2.27. The van der Waals surface area contributed by atoms with Crippen molar-refractivity contribution < 1.29 is 4.42 Å². The van der Waals surface area contributed by atoms with Crippen LogP contribution in [-0.2, 0) is 6.42 Å². The van der Waals surface area contributed by atoms with Crippen LogP contribution in [0.1, 0.15) is 11.3 Å². The molecule has 0 atom stereocenters. The van der Waals surface area contributed by atoms with Gasteiger partial charge in [-0.1, -0.05) is 29.3 Å². The van der Waals surface area contributed by atoms with Gasteiger partial charge in [0, 0.05) is 30.4 Å². The van der Waals surface area contributed by atoms with Crippen molar-refractivity contribution in [1.29, 1.82) is 0 Å². The van der Waals surface area contributed by atoms with Gasteiger partial charge >= 0.3 is 0 Å². The molecule has 5 heteroatoms. The van der Waals surface area contributed by atoms with Crippen molar-refractivity contribution in [2.75, 3.05) is 11.9 Å². The number of benzene rings is 1. The van der Waals surface area contributed by atoms with Crippen molar-refractivity contribution in [2.45, 2.75) is 13.3 Å². The van der Waals surface area contributed by atoms with Gasteiger partial charge in [-0.25, -0.2) is 9.97 Å². The predicted molar refractivity (Wildman–Crippen MR) is 88.1 cm³/mol. The molecule has 0 radical (unpaired) electrons. The number of hydrogen-bond acceptors (Lipinski definition) is 4. The fraction of sp³-hybridized carbons (Fsp3) is 0.176. The Morgan fingerprint density at radius 1 is 1.18 bits per heavy atom. The maximum Gasteiger partial charge on any atom is 0.226 e. The summed E-state index contributed by atoms with van der Waals surface area (Å²) in [5.74, 6) is 0.655. The lowest BCUT2D eigenvalue weighted by Crippen LogP contribution is -2.05. The summed E-state index contributed by atoms with van der Waals surface area (Å²) in [6.45, 7) is 2.81. The summed E-state index contributed by atoms with van der Waals surface area (Å²) in [7, 11) is 0. The van der Waals surface area contributed by atoms with Crippen LogP contribution in [0.3, 0.4) is 0 Å². The molecule has 3 aromatic rings. The second-order valence-electron chi connectivity index (χ2n) is 5.05. The minimum absolute atomic E-state index is 0.480. The van der Waals surface area contributed by atoms with Gasteiger partial charge < -0.3 is 9.73 Å². The predicted octanol–water partition coefficient (Wildman–Crippen LogP) is 4.35. The van der Waals surface area contributed by atoms with Crippen LogP contribution in [0.25, 0.3) is 11.5 Å². The molecular weight excluding hydrogens is 298 g/mol. The molecule has 3 rings (SSSR count). The number of pyridine rings is 1. The largest absolute Gasteiger partial charge is 0.444 e. The summed E-state index contributed by atoms with van der Waals surface area (Å²) in [5.41, 5.74) is 4.08. The van der Waals surface area contributed by atoms with Crippen molar-refractivity contribution in [3.63, 3.8) is 0 Å². The smallest absolute Gasteiger partial charge is 0.226 e. The molecule has 0 unspecified atom stereocenters. The topological polar surface area (TPSA) is 51.0 Å². The van der Waals surface area contributed by atoms with Gasteiger partial charge in [0.2, 0.25) is 5.89 Å². The first kappa shape index (κ1) is 14.6. The van der Waals surface area contributed by atoms with Crippen LogP contribution >= 0.6 is 11.6 Å². The van der Waals surface area contributed by atoms with E-state index in [1.165, 1.54) is 5.56 Å². The fourth-order valence-electron chi connectivity index (χ4n) is 2.10. The molecule has 1 N–H and O–H groups in total. The summed E-state index contributed by atoms with van der Waals surface area (Å²) < 4.78 is 5.54. The van der Waals surface area contributed by atoms with Crippen LogP contribution in [0, 0.1) is 6.92 Å². The van der Waals surface area contributed by atoms with Crippen LogP contribution in [0.15, 0.2) is 53.3 Å². The third-order valence-corrected chi connectivity index (χ3v) is 3.49. The summed E-state index contributed by atoms with van der Waals surface area (Å²) >= 11 is 5.84. The van der Waals surface area contributed by atoms with E-state index < -0.39 is 0 Å². The van der Waals surface area contributed by atoms with E-state index in [-0.39, 0.29) is 0 Å². The van der Waals surface area contributed by atoms with Crippen molar-refractivity contribution in [3.8, 4) is 11.5 Å². The third-order valence-electron chi connectivity index (χ3n) is 3.29. The molecule has 0 saturated carbocycles. The first-order chi connectivity index (χ1) is 10.7. The molecular formula is C17H16ClN3O. The van der Waals surface area contributed by atoms with Crippen LogP contribution in [0.5, 0.6) is 0 Å². The number of rotatable bonds is 5.